The second-order valence-electron chi connectivity index (χ2n) is 5.92. The van der Waals surface area contributed by atoms with Crippen LogP contribution in [0, 0.1) is 0 Å². The van der Waals surface area contributed by atoms with Gasteiger partial charge in [-0.05, 0) is 62.2 Å². The van der Waals surface area contributed by atoms with Gasteiger partial charge in [0.1, 0.15) is 0 Å². The van der Waals surface area contributed by atoms with E-state index >= 15 is 0 Å². The summed E-state index contributed by atoms with van der Waals surface area (Å²) in [6, 6.07) is 0. The fourth-order valence-corrected chi connectivity index (χ4v) is 3.42. The molecule has 0 amide bonds. The lowest BCUT2D eigenvalue weighted by Gasteiger charge is -2.22. The summed E-state index contributed by atoms with van der Waals surface area (Å²) in [5, 5.41) is 0. The van der Waals surface area contributed by atoms with Crippen LogP contribution < -0.4 is 0 Å². The van der Waals surface area contributed by atoms with Crippen LogP contribution in [0.4, 0.5) is 0 Å². The number of hydrogen-bond acceptors (Lipinski definition) is 6. The molecule has 1 fully saturated rings. The summed E-state index contributed by atoms with van der Waals surface area (Å²) in [6.07, 6.45) is 5.38. The van der Waals surface area contributed by atoms with Crippen LogP contribution in [0.5, 0.6) is 0 Å². The summed E-state index contributed by atoms with van der Waals surface area (Å²) >= 11 is 0. The molecular weight excluding hydrogens is 324 g/mol. The summed E-state index contributed by atoms with van der Waals surface area (Å²) in [6.45, 7) is 1.98. The molecule has 2 rings (SSSR count). The molecule has 6 heteroatoms. The van der Waals surface area contributed by atoms with E-state index in [1.165, 1.54) is 20.3 Å². The zero-order valence-electron chi connectivity index (χ0n) is 15.0. The van der Waals surface area contributed by atoms with Crippen molar-refractivity contribution < 1.29 is 28.6 Å². The quantitative estimate of drug-likeness (QED) is 0.442. The van der Waals surface area contributed by atoms with E-state index in [1.807, 2.05) is 0 Å². The first kappa shape index (κ1) is 19.0. The van der Waals surface area contributed by atoms with E-state index in [2.05, 4.69) is 0 Å². The number of rotatable bonds is 4. The Bertz CT molecular complexity index is 665. The largest absolute Gasteiger partial charge is 0.466 e. The average Bonchev–Trinajstić information content (AvgIpc) is 2.77. The van der Waals surface area contributed by atoms with E-state index < -0.39 is 11.9 Å². The highest BCUT2D eigenvalue weighted by atomic mass is 16.5. The van der Waals surface area contributed by atoms with Gasteiger partial charge in [-0.15, -0.1) is 0 Å². The lowest BCUT2D eigenvalue weighted by atomic mass is 9.83. The topological polar surface area (TPSA) is 78.9 Å². The van der Waals surface area contributed by atoms with Crippen LogP contribution in [0.15, 0.2) is 33.9 Å². The van der Waals surface area contributed by atoms with Gasteiger partial charge >= 0.3 is 17.9 Å². The molecule has 0 bridgehead atoms. The van der Waals surface area contributed by atoms with Gasteiger partial charge in [0.25, 0.3) is 0 Å². The smallest absolute Gasteiger partial charge is 0.338 e. The average molecular weight is 348 g/mol. The third-order valence-electron chi connectivity index (χ3n) is 4.50. The Kier molecular flexibility index (Phi) is 6.56. The van der Waals surface area contributed by atoms with Crippen LogP contribution >= 0.6 is 0 Å². The van der Waals surface area contributed by atoms with Gasteiger partial charge in [-0.1, -0.05) is 0 Å². The zero-order valence-corrected chi connectivity index (χ0v) is 15.0. The SMILES string of the molecule is CCOC(=O)/C=C1\CCC(C(=O)OC)=C2CCCCC2=C1C(=O)OC. The fourth-order valence-electron chi connectivity index (χ4n) is 3.42. The highest BCUT2D eigenvalue weighted by Gasteiger charge is 2.31. The zero-order chi connectivity index (χ0) is 18.4. The van der Waals surface area contributed by atoms with Gasteiger partial charge < -0.3 is 14.2 Å². The molecule has 0 radical (unpaired) electrons. The Balaban J connectivity index is 2.61. The molecule has 0 aliphatic heterocycles. The lowest BCUT2D eigenvalue weighted by molar-refractivity contribution is -0.137. The van der Waals surface area contributed by atoms with Gasteiger partial charge in [0.05, 0.1) is 26.4 Å². The third-order valence-corrected chi connectivity index (χ3v) is 4.50. The van der Waals surface area contributed by atoms with E-state index in [0.29, 0.717) is 42.4 Å². The summed E-state index contributed by atoms with van der Waals surface area (Å²) < 4.78 is 14.9. The molecule has 2 aliphatic carbocycles. The molecule has 25 heavy (non-hydrogen) atoms. The predicted molar refractivity (Wildman–Crippen MR) is 90.5 cm³/mol. The highest BCUT2D eigenvalue weighted by molar-refractivity contribution is 6.00. The molecule has 0 aromatic rings. The number of esters is 3. The third kappa shape index (κ3) is 4.18. The summed E-state index contributed by atoms with van der Waals surface area (Å²) in [4.78, 5) is 36.6. The van der Waals surface area contributed by atoms with Crippen LogP contribution in [0.3, 0.4) is 0 Å². The first-order chi connectivity index (χ1) is 12.0. The van der Waals surface area contributed by atoms with Gasteiger partial charge in [0.15, 0.2) is 0 Å². The summed E-state index contributed by atoms with van der Waals surface area (Å²) in [5.41, 5.74) is 3.20. The Morgan fingerprint density at radius 1 is 0.920 bits per heavy atom. The summed E-state index contributed by atoms with van der Waals surface area (Å²) in [5.74, 6) is -1.37. The number of ether oxygens (including phenoxy) is 3. The van der Waals surface area contributed by atoms with Crippen molar-refractivity contribution in [3.05, 3.63) is 33.9 Å². The Hall–Kier alpha value is -2.37. The molecule has 6 nitrogen and oxygen atoms in total. The molecule has 0 aromatic carbocycles. The van der Waals surface area contributed by atoms with Crippen molar-refractivity contribution >= 4 is 17.9 Å². The van der Waals surface area contributed by atoms with Crippen molar-refractivity contribution in [2.24, 2.45) is 0 Å². The van der Waals surface area contributed by atoms with Crippen molar-refractivity contribution in [1.82, 2.24) is 0 Å². The predicted octanol–water partition coefficient (Wildman–Crippen LogP) is 2.78. The molecule has 0 unspecified atom stereocenters. The van der Waals surface area contributed by atoms with Crippen LogP contribution in [-0.4, -0.2) is 38.7 Å². The first-order valence-electron chi connectivity index (χ1n) is 8.53. The number of hydrogen-bond donors (Lipinski definition) is 0. The minimum atomic E-state index is -0.501. The van der Waals surface area contributed by atoms with Crippen LogP contribution in [-0.2, 0) is 28.6 Å². The second-order valence-corrected chi connectivity index (χ2v) is 5.92. The van der Waals surface area contributed by atoms with Gasteiger partial charge in [-0.3, -0.25) is 0 Å². The molecule has 0 aromatic heterocycles. The van der Waals surface area contributed by atoms with Gasteiger partial charge in [-0.25, -0.2) is 14.4 Å². The maximum Gasteiger partial charge on any atom is 0.338 e. The number of carbonyl (C=O) groups excluding carboxylic acids is 3. The van der Waals surface area contributed by atoms with Gasteiger partial charge in [0, 0.05) is 11.6 Å². The van der Waals surface area contributed by atoms with E-state index in [0.717, 1.165) is 24.0 Å². The number of allylic oxidation sites excluding steroid dienone is 2. The minimum Gasteiger partial charge on any atom is -0.466 e. The van der Waals surface area contributed by atoms with E-state index in [-0.39, 0.29) is 12.6 Å². The lowest BCUT2D eigenvalue weighted by Crippen LogP contribution is -2.15. The number of methoxy groups -OCH3 is 2. The number of fused-ring (bicyclic) bond motifs is 1. The van der Waals surface area contributed by atoms with Crippen LogP contribution in [0.1, 0.15) is 45.4 Å². The monoisotopic (exact) mass is 348 g/mol. The van der Waals surface area contributed by atoms with E-state index in [1.54, 1.807) is 6.92 Å². The molecule has 0 saturated heterocycles. The van der Waals surface area contributed by atoms with Crippen molar-refractivity contribution in [1.29, 1.82) is 0 Å². The first-order valence-corrected chi connectivity index (χ1v) is 8.53. The van der Waals surface area contributed by atoms with Crippen molar-refractivity contribution in [3.63, 3.8) is 0 Å². The normalized spacial score (nSPS) is 19.2. The molecule has 2 aliphatic rings. The highest BCUT2D eigenvalue weighted by Crippen LogP contribution is 2.41. The van der Waals surface area contributed by atoms with E-state index in [9.17, 15) is 14.4 Å². The molecule has 0 spiro atoms. The molecular formula is C19H24O6. The van der Waals surface area contributed by atoms with Gasteiger partial charge in [0.2, 0.25) is 0 Å². The molecule has 0 atom stereocenters. The molecule has 0 heterocycles. The maximum absolute atomic E-state index is 12.5. The molecule has 136 valence electrons. The maximum atomic E-state index is 12.5. The number of carbonyl (C=O) groups is 3. The van der Waals surface area contributed by atoms with Crippen LogP contribution in [0.25, 0.3) is 0 Å². The second kappa shape index (κ2) is 8.65. The van der Waals surface area contributed by atoms with E-state index in [4.69, 9.17) is 14.2 Å². The Morgan fingerprint density at radius 3 is 2.16 bits per heavy atom. The van der Waals surface area contributed by atoms with Crippen molar-refractivity contribution in [2.75, 3.05) is 20.8 Å². The fraction of sp³-hybridized carbons (Fsp3) is 0.526. The minimum absolute atomic E-state index is 0.254. The standard InChI is InChI=1S/C19H24O6/c1-4-25-16(20)11-12-9-10-15(18(21)23-2)13-7-5-6-8-14(13)17(12)19(22)24-3/h11H,4-10H2,1-3H3/b12-11+. The molecule has 0 N–H and O–H groups in total. The summed E-state index contributed by atoms with van der Waals surface area (Å²) in [7, 11) is 2.67. The Labute approximate surface area is 147 Å². The van der Waals surface area contributed by atoms with Gasteiger partial charge in [-0.2, -0.15) is 0 Å². The van der Waals surface area contributed by atoms with Crippen molar-refractivity contribution in [2.45, 2.75) is 45.4 Å². The Morgan fingerprint density at radius 2 is 1.56 bits per heavy atom. The van der Waals surface area contributed by atoms with Crippen molar-refractivity contribution in [3.8, 4) is 0 Å². The van der Waals surface area contributed by atoms with Crippen LogP contribution in [0.2, 0.25) is 0 Å². The molecule has 1 saturated carbocycles.